The zero-order chi connectivity index (χ0) is 11.7. The highest BCUT2D eigenvalue weighted by atomic mass is 32.2. The molecule has 1 aliphatic carbocycles. The summed E-state index contributed by atoms with van der Waals surface area (Å²) in [5.74, 6) is 0. The van der Waals surface area contributed by atoms with Crippen molar-refractivity contribution in [2.75, 3.05) is 12.8 Å². The summed E-state index contributed by atoms with van der Waals surface area (Å²) in [6.45, 7) is 4.01. The van der Waals surface area contributed by atoms with E-state index in [1.165, 1.54) is 6.26 Å². The molecule has 1 aliphatic rings. The molecule has 2 unspecified atom stereocenters. The van der Waals surface area contributed by atoms with Gasteiger partial charge in [0.25, 0.3) is 0 Å². The highest BCUT2D eigenvalue weighted by molar-refractivity contribution is 7.92. The molecule has 1 saturated carbocycles. The zero-order valence-electron chi connectivity index (χ0n) is 9.79. The van der Waals surface area contributed by atoms with E-state index in [0.29, 0.717) is 12.6 Å². The van der Waals surface area contributed by atoms with Crippen LogP contribution >= 0.6 is 0 Å². The van der Waals surface area contributed by atoms with Crippen molar-refractivity contribution in [1.29, 1.82) is 0 Å². The van der Waals surface area contributed by atoms with Gasteiger partial charge in [0.2, 0.25) is 0 Å². The zero-order valence-corrected chi connectivity index (χ0v) is 10.6. The van der Waals surface area contributed by atoms with Crippen molar-refractivity contribution in [2.45, 2.75) is 49.9 Å². The Labute approximate surface area is 92.5 Å². The SMILES string of the molecule is CC(C)(CNC1CCC(N)C1)S(C)(=O)=O. The maximum Gasteiger partial charge on any atom is 0.153 e. The molecule has 4 nitrogen and oxygen atoms in total. The standard InChI is InChI=1S/C10H22N2O2S/c1-10(2,15(3,13)14)7-12-9-5-4-8(11)6-9/h8-9,12H,4-7,11H2,1-3H3. The Balaban J connectivity index is 2.43. The molecule has 1 fully saturated rings. The van der Waals surface area contributed by atoms with Crippen LogP contribution in [-0.4, -0.2) is 38.0 Å². The first-order chi connectivity index (χ1) is 6.72. The second kappa shape index (κ2) is 4.39. The third kappa shape index (κ3) is 3.43. The Morgan fingerprint density at radius 1 is 1.40 bits per heavy atom. The van der Waals surface area contributed by atoms with E-state index in [1.54, 1.807) is 13.8 Å². The summed E-state index contributed by atoms with van der Waals surface area (Å²) >= 11 is 0. The molecule has 0 aromatic heterocycles. The largest absolute Gasteiger partial charge is 0.328 e. The molecule has 0 amide bonds. The monoisotopic (exact) mass is 234 g/mol. The van der Waals surface area contributed by atoms with Crippen molar-refractivity contribution in [2.24, 2.45) is 5.73 Å². The average Bonchev–Trinajstić information content (AvgIpc) is 2.46. The molecule has 0 aromatic carbocycles. The highest BCUT2D eigenvalue weighted by Gasteiger charge is 2.31. The number of hydrogen-bond acceptors (Lipinski definition) is 4. The second-order valence-corrected chi connectivity index (χ2v) is 7.83. The van der Waals surface area contributed by atoms with Crippen molar-refractivity contribution < 1.29 is 8.42 Å². The molecule has 0 bridgehead atoms. The van der Waals surface area contributed by atoms with Crippen LogP contribution in [0, 0.1) is 0 Å². The molecule has 2 atom stereocenters. The number of hydrogen-bond donors (Lipinski definition) is 2. The van der Waals surface area contributed by atoms with E-state index < -0.39 is 14.6 Å². The Bertz CT molecular complexity index is 311. The number of nitrogens with two attached hydrogens (primary N) is 1. The molecule has 0 spiro atoms. The first kappa shape index (κ1) is 12.9. The van der Waals surface area contributed by atoms with E-state index in [0.717, 1.165) is 19.3 Å². The van der Waals surface area contributed by atoms with Crippen molar-refractivity contribution in [3.63, 3.8) is 0 Å². The fourth-order valence-electron chi connectivity index (χ4n) is 1.72. The van der Waals surface area contributed by atoms with Crippen molar-refractivity contribution in [3.05, 3.63) is 0 Å². The minimum Gasteiger partial charge on any atom is -0.328 e. The van der Waals surface area contributed by atoms with Gasteiger partial charge in [0.05, 0.1) is 4.75 Å². The molecule has 5 heteroatoms. The summed E-state index contributed by atoms with van der Waals surface area (Å²) < 4.78 is 22.2. The Morgan fingerprint density at radius 3 is 2.40 bits per heavy atom. The van der Waals surface area contributed by atoms with E-state index in [-0.39, 0.29) is 6.04 Å². The highest BCUT2D eigenvalue weighted by Crippen LogP contribution is 2.19. The summed E-state index contributed by atoms with van der Waals surface area (Å²) in [6.07, 6.45) is 4.34. The molecule has 1 rings (SSSR count). The van der Waals surface area contributed by atoms with Crippen molar-refractivity contribution in [1.82, 2.24) is 5.32 Å². The molecule has 0 saturated heterocycles. The van der Waals surface area contributed by atoms with Gasteiger partial charge >= 0.3 is 0 Å². The third-order valence-electron chi connectivity index (χ3n) is 3.29. The molecular weight excluding hydrogens is 212 g/mol. The summed E-state index contributed by atoms with van der Waals surface area (Å²) in [5, 5.41) is 3.30. The third-order valence-corrected chi connectivity index (χ3v) is 5.45. The van der Waals surface area contributed by atoms with Gasteiger partial charge in [-0.15, -0.1) is 0 Å². The lowest BCUT2D eigenvalue weighted by molar-refractivity contribution is 0.464. The van der Waals surface area contributed by atoms with Gasteiger partial charge in [-0.25, -0.2) is 8.42 Å². The summed E-state index contributed by atoms with van der Waals surface area (Å²) in [4.78, 5) is 0. The molecule has 15 heavy (non-hydrogen) atoms. The van der Waals surface area contributed by atoms with Crippen LogP contribution in [0.5, 0.6) is 0 Å². The van der Waals surface area contributed by atoms with Crippen molar-refractivity contribution in [3.8, 4) is 0 Å². The Morgan fingerprint density at radius 2 is 2.00 bits per heavy atom. The van der Waals surface area contributed by atoms with Crippen LogP contribution in [0.25, 0.3) is 0 Å². The first-order valence-corrected chi connectivity index (χ1v) is 7.30. The molecule has 90 valence electrons. The van der Waals surface area contributed by atoms with Crippen LogP contribution in [-0.2, 0) is 9.84 Å². The topological polar surface area (TPSA) is 72.2 Å². The molecule has 0 aliphatic heterocycles. The van der Waals surface area contributed by atoms with Gasteiger partial charge in [-0.1, -0.05) is 0 Å². The van der Waals surface area contributed by atoms with E-state index in [1.807, 2.05) is 0 Å². The molecule has 0 radical (unpaired) electrons. The lowest BCUT2D eigenvalue weighted by Gasteiger charge is -2.25. The van der Waals surface area contributed by atoms with Gasteiger partial charge in [-0.2, -0.15) is 0 Å². The van der Waals surface area contributed by atoms with Gasteiger partial charge < -0.3 is 11.1 Å². The van der Waals surface area contributed by atoms with E-state index >= 15 is 0 Å². The van der Waals surface area contributed by atoms with Gasteiger partial charge in [0.1, 0.15) is 0 Å². The van der Waals surface area contributed by atoms with Crippen LogP contribution in [0.4, 0.5) is 0 Å². The van der Waals surface area contributed by atoms with Crippen molar-refractivity contribution >= 4 is 9.84 Å². The minimum absolute atomic E-state index is 0.281. The van der Waals surface area contributed by atoms with Crippen LogP contribution in [0.1, 0.15) is 33.1 Å². The average molecular weight is 234 g/mol. The maximum absolute atomic E-state index is 11.5. The predicted octanol–water partition coefficient (Wildman–Crippen LogP) is 0.279. The molecule has 0 aromatic rings. The Kier molecular flexibility index (Phi) is 3.79. The second-order valence-electron chi connectivity index (χ2n) is 5.18. The first-order valence-electron chi connectivity index (χ1n) is 5.41. The fraction of sp³-hybridized carbons (Fsp3) is 1.00. The number of sulfone groups is 1. The Hall–Kier alpha value is -0.130. The van der Waals surface area contributed by atoms with E-state index in [4.69, 9.17) is 5.73 Å². The summed E-state index contributed by atoms with van der Waals surface area (Å²) in [7, 11) is -3.00. The minimum atomic E-state index is -3.00. The van der Waals surface area contributed by atoms with Crippen LogP contribution < -0.4 is 11.1 Å². The number of rotatable bonds is 4. The molecular formula is C10H22N2O2S. The van der Waals surface area contributed by atoms with Gasteiger partial charge in [0, 0.05) is 24.9 Å². The molecule has 0 heterocycles. The maximum atomic E-state index is 11.5. The molecule has 3 N–H and O–H groups in total. The predicted molar refractivity (Wildman–Crippen MR) is 62.5 cm³/mol. The lowest BCUT2D eigenvalue weighted by atomic mass is 10.1. The van der Waals surface area contributed by atoms with Crippen LogP contribution in [0.3, 0.4) is 0 Å². The van der Waals surface area contributed by atoms with Gasteiger partial charge in [-0.05, 0) is 33.1 Å². The van der Waals surface area contributed by atoms with Gasteiger partial charge in [-0.3, -0.25) is 0 Å². The summed E-state index contributed by atoms with van der Waals surface area (Å²) in [6, 6.07) is 0.671. The van der Waals surface area contributed by atoms with E-state index in [2.05, 4.69) is 5.32 Å². The van der Waals surface area contributed by atoms with Crippen LogP contribution in [0.15, 0.2) is 0 Å². The summed E-state index contributed by atoms with van der Waals surface area (Å²) in [5.41, 5.74) is 5.79. The van der Waals surface area contributed by atoms with Gasteiger partial charge in [0.15, 0.2) is 9.84 Å². The van der Waals surface area contributed by atoms with E-state index in [9.17, 15) is 8.42 Å². The van der Waals surface area contributed by atoms with Crippen LogP contribution in [0.2, 0.25) is 0 Å². The number of nitrogens with one attached hydrogen (secondary N) is 1. The normalized spacial score (nSPS) is 28.3. The lowest BCUT2D eigenvalue weighted by Crippen LogP contribution is -2.44. The fourth-order valence-corrected chi connectivity index (χ4v) is 2.07. The quantitative estimate of drug-likeness (QED) is 0.733. The smallest absolute Gasteiger partial charge is 0.153 e.